The number of hydrogen-bond acceptors (Lipinski definition) is 5. The number of methoxy groups -OCH3 is 1. The van der Waals surface area contributed by atoms with Gasteiger partial charge in [-0.2, -0.15) is 0 Å². The molecule has 0 aromatic heterocycles. The Morgan fingerprint density at radius 3 is 2.39 bits per heavy atom. The number of anilines is 2. The van der Waals surface area contributed by atoms with Crippen molar-refractivity contribution in [2.75, 3.05) is 29.2 Å². The Hall–Kier alpha value is -2.87. The normalized spacial score (nSPS) is 10.9. The predicted octanol–water partition coefficient (Wildman–Crippen LogP) is 2.64. The molecule has 150 valence electrons. The molecule has 0 atom stereocenters. The van der Waals surface area contributed by atoms with Crippen molar-refractivity contribution in [2.24, 2.45) is 0 Å². The number of rotatable bonds is 9. The van der Waals surface area contributed by atoms with Crippen LogP contribution in [0.3, 0.4) is 0 Å². The average Bonchev–Trinajstić information content (AvgIpc) is 2.61. The van der Waals surface area contributed by atoms with Crippen molar-refractivity contribution in [1.82, 2.24) is 0 Å². The lowest BCUT2D eigenvalue weighted by Gasteiger charge is -2.12. The largest absolute Gasteiger partial charge is 0.495 e. The van der Waals surface area contributed by atoms with E-state index in [-0.39, 0.29) is 11.7 Å². The summed E-state index contributed by atoms with van der Waals surface area (Å²) in [5.41, 5.74) is 1.82. The molecule has 8 heteroatoms. The highest BCUT2D eigenvalue weighted by Crippen LogP contribution is 2.27. The highest BCUT2D eigenvalue weighted by atomic mass is 32.2. The Labute approximate surface area is 165 Å². The second kappa shape index (κ2) is 9.89. The Morgan fingerprint density at radius 1 is 1.04 bits per heavy atom. The lowest BCUT2D eigenvalue weighted by atomic mass is 10.1. The lowest BCUT2D eigenvalue weighted by molar-refractivity contribution is -0.114. The van der Waals surface area contributed by atoms with E-state index in [1.807, 2.05) is 30.3 Å². The van der Waals surface area contributed by atoms with Crippen LogP contribution in [-0.2, 0) is 25.8 Å². The molecule has 0 saturated carbocycles. The summed E-state index contributed by atoms with van der Waals surface area (Å²) in [6.45, 7) is 1.35. The van der Waals surface area contributed by atoms with Gasteiger partial charge in [0.05, 0.1) is 18.6 Å². The van der Waals surface area contributed by atoms with E-state index in [9.17, 15) is 18.0 Å². The summed E-state index contributed by atoms with van der Waals surface area (Å²) in [4.78, 5) is 23.4. The molecule has 0 aliphatic heterocycles. The van der Waals surface area contributed by atoms with Crippen LogP contribution in [0.1, 0.15) is 18.9 Å². The molecule has 0 saturated heterocycles. The zero-order valence-electron chi connectivity index (χ0n) is 15.9. The number of aryl methyl sites for hydroxylation is 1. The van der Waals surface area contributed by atoms with Gasteiger partial charge in [-0.05, 0) is 36.6 Å². The summed E-state index contributed by atoms with van der Waals surface area (Å²) >= 11 is 0. The lowest BCUT2D eigenvalue weighted by Crippen LogP contribution is -2.25. The van der Waals surface area contributed by atoms with Crippen molar-refractivity contribution >= 4 is 33.0 Å². The molecule has 2 aromatic rings. The van der Waals surface area contributed by atoms with Crippen molar-refractivity contribution in [3.05, 3.63) is 54.1 Å². The Bertz CT molecular complexity index is 927. The number of amides is 2. The maximum atomic E-state index is 12.2. The van der Waals surface area contributed by atoms with Gasteiger partial charge < -0.3 is 15.4 Å². The summed E-state index contributed by atoms with van der Waals surface area (Å²) in [5, 5.41) is 5.14. The van der Waals surface area contributed by atoms with Gasteiger partial charge in [0.1, 0.15) is 11.5 Å². The van der Waals surface area contributed by atoms with Gasteiger partial charge >= 0.3 is 0 Å². The minimum Gasteiger partial charge on any atom is -0.495 e. The Balaban J connectivity index is 1.92. The van der Waals surface area contributed by atoms with Gasteiger partial charge in [0.15, 0.2) is 9.84 Å². The third kappa shape index (κ3) is 7.03. The smallest absolute Gasteiger partial charge is 0.239 e. The van der Waals surface area contributed by atoms with Gasteiger partial charge in [0.25, 0.3) is 0 Å². The monoisotopic (exact) mass is 404 g/mol. The van der Waals surface area contributed by atoms with Crippen molar-refractivity contribution in [2.45, 2.75) is 19.8 Å². The van der Waals surface area contributed by atoms with E-state index in [1.165, 1.54) is 20.1 Å². The first-order valence-electron chi connectivity index (χ1n) is 8.79. The van der Waals surface area contributed by atoms with E-state index < -0.39 is 21.5 Å². The molecule has 0 bridgehead atoms. The molecule has 2 rings (SSSR count). The average molecular weight is 404 g/mol. The van der Waals surface area contributed by atoms with Crippen molar-refractivity contribution in [3.63, 3.8) is 0 Å². The molecule has 2 aromatic carbocycles. The zero-order chi connectivity index (χ0) is 20.6. The number of ether oxygens (including phenoxy) is 1. The number of benzene rings is 2. The van der Waals surface area contributed by atoms with Crippen LogP contribution in [0.15, 0.2) is 48.5 Å². The van der Waals surface area contributed by atoms with Gasteiger partial charge in [-0.25, -0.2) is 8.42 Å². The minimum atomic E-state index is -3.52. The molecule has 0 radical (unpaired) electrons. The highest BCUT2D eigenvalue weighted by Gasteiger charge is 2.17. The number of nitrogens with one attached hydrogen (secondary N) is 2. The predicted molar refractivity (Wildman–Crippen MR) is 109 cm³/mol. The number of hydrogen-bond donors (Lipinski definition) is 2. The molecule has 2 amide bonds. The van der Waals surface area contributed by atoms with Crippen LogP contribution in [-0.4, -0.2) is 38.8 Å². The Morgan fingerprint density at radius 2 is 1.75 bits per heavy atom. The second-order valence-electron chi connectivity index (χ2n) is 6.33. The molecule has 0 spiro atoms. The maximum absolute atomic E-state index is 12.2. The summed E-state index contributed by atoms with van der Waals surface area (Å²) < 4.78 is 29.5. The summed E-state index contributed by atoms with van der Waals surface area (Å²) in [6, 6.07) is 14.3. The molecule has 0 unspecified atom stereocenters. The summed E-state index contributed by atoms with van der Waals surface area (Å²) in [5.74, 6) is -1.14. The van der Waals surface area contributed by atoms with Crippen LogP contribution in [0.4, 0.5) is 11.4 Å². The van der Waals surface area contributed by atoms with Crippen LogP contribution >= 0.6 is 0 Å². The van der Waals surface area contributed by atoms with Gasteiger partial charge in [-0.1, -0.05) is 30.3 Å². The second-order valence-corrected chi connectivity index (χ2v) is 8.51. The first-order chi connectivity index (χ1) is 13.3. The fourth-order valence-electron chi connectivity index (χ4n) is 2.68. The van der Waals surface area contributed by atoms with Gasteiger partial charge in [-0.3, -0.25) is 9.59 Å². The van der Waals surface area contributed by atoms with E-state index in [4.69, 9.17) is 4.74 Å². The number of carbonyl (C=O) groups excluding carboxylic acids is 2. The molecule has 0 fully saturated rings. The SMILES string of the molecule is COc1ccc(NC(=O)CS(=O)(=O)CCCc2ccccc2)cc1NC(C)=O. The van der Waals surface area contributed by atoms with E-state index in [1.54, 1.807) is 12.1 Å². The molecular weight excluding hydrogens is 380 g/mol. The first-order valence-corrected chi connectivity index (χ1v) is 10.6. The van der Waals surface area contributed by atoms with Crippen molar-refractivity contribution in [1.29, 1.82) is 0 Å². The molecule has 0 heterocycles. The maximum Gasteiger partial charge on any atom is 0.239 e. The fraction of sp³-hybridized carbons (Fsp3) is 0.300. The molecule has 28 heavy (non-hydrogen) atoms. The van der Waals surface area contributed by atoms with Gasteiger partial charge in [0, 0.05) is 12.6 Å². The highest BCUT2D eigenvalue weighted by molar-refractivity contribution is 7.92. The summed E-state index contributed by atoms with van der Waals surface area (Å²) in [6.07, 6.45) is 1.09. The van der Waals surface area contributed by atoms with Crippen molar-refractivity contribution < 1.29 is 22.7 Å². The third-order valence-corrected chi connectivity index (χ3v) is 5.52. The van der Waals surface area contributed by atoms with Crippen LogP contribution in [0.25, 0.3) is 0 Å². The molecule has 0 aliphatic rings. The van der Waals surface area contributed by atoms with Crippen LogP contribution in [0, 0.1) is 0 Å². The molecular formula is C20H24N2O5S. The van der Waals surface area contributed by atoms with Crippen LogP contribution in [0.2, 0.25) is 0 Å². The standard InChI is InChI=1S/C20H24N2O5S/c1-15(23)21-18-13-17(10-11-19(18)27-2)22-20(24)14-28(25,26)12-6-9-16-7-4-3-5-8-16/h3-5,7-8,10-11,13H,6,9,12,14H2,1-2H3,(H,21,23)(H,22,24). The van der Waals surface area contributed by atoms with Gasteiger partial charge in [-0.15, -0.1) is 0 Å². The van der Waals surface area contributed by atoms with Gasteiger partial charge in [0.2, 0.25) is 11.8 Å². The van der Waals surface area contributed by atoms with E-state index >= 15 is 0 Å². The minimum absolute atomic E-state index is 0.0604. The zero-order valence-corrected chi connectivity index (χ0v) is 16.7. The number of sulfone groups is 1. The van der Waals surface area contributed by atoms with Crippen molar-refractivity contribution in [3.8, 4) is 5.75 Å². The van der Waals surface area contributed by atoms with Crippen LogP contribution in [0.5, 0.6) is 5.75 Å². The Kier molecular flexibility index (Phi) is 7.57. The van der Waals surface area contributed by atoms with Crippen LogP contribution < -0.4 is 15.4 Å². The summed E-state index contributed by atoms with van der Waals surface area (Å²) in [7, 11) is -2.06. The number of carbonyl (C=O) groups is 2. The topological polar surface area (TPSA) is 102 Å². The molecule has 0 aliphatic carbocycles. The van der Waals surface area contributed by atoms with E-state index in [2.05, 4.69) is 10.6 Å². The molecule has 7 nitrogen and oxygen atoms in total. The quantitative estimate of drug-likeness (QED) is 0.669. The van der Waals surface area contributed by atoms with E-state index in [0.29, 0.717) is 30.0 Å². The van der Waals surface area contributed by atoms with E-state index in [0.717, 1.165) is 5.56 Å². The first kappa shape index (κ1) is 21.4. The third-order valence-electron chi connectivity index (χ3n) is 3.91. The molecule has 2 N–H and O–H groups in total. The fourth-order valence-corrected chi connectivity index (χ4v) is 3.88.